The summed E-state index contributed by atoms with van der Waals surface area (Å²) in [4.78, 5) is 25.0. The first-order valence-corrected chi connectivity index (χ1v) is 9.23. The Kier molecular flexibility index (Phi) is 3.83. The molecule has 5 heteroatoms. The minimum Gasteiger partial charge on any atom is -0.458 e. The van der Waals surface area contributed by atoms with Gasteiger partial charge >= 0.3 is 11.9 Å². The average Bonchev–Trinajstić information content (AvgIpc) is 3.07. The molecule has 4 rings (SSSR count). The third-order valence-corrected chi connectivity index (χ3v) is 6.91. The Bertz CT molecular complexity index is 690. The molecule has 2 heterocycles. The molecule has 0 N–H and O–H groups in total. The largest absolute Gasteiger partial charge is 0.458 e. The lowest BCUT2D eigenvalue weighted by molar-refractivity contribution is -0.160. The number of carbonyl (C=O) groups excluding carboxylic acids is 2. The summed E-state index contributed by atoms with van der Waals surface area (Å²) >= 11 is 0. The Morgan fingerprint density at radius 3 is 2.84 bits per heavy atom. The van der Waals surface area contributed by atoms with E-state index in [1.807, 2.05) is 6.92 Å². The topological polar surface area (TPSA) is 61.8 Å². The van der Waals surface area contributed by atoms with Gasteiger partial charge in [-0.1, -0.05) is 13.0 Å². The molecule has 0 amide bonds. The molecule has 136 valence electrons. The van der Waals surface area contributed by atoms with Crippen LogP contribution in [0.1, 0.15) is 47.0 Å². The van der Waals surface area contributed by atoms with Crippen LogP contribution in [-0.4, -0.2) is 36.9 Å². The summed E-state index contributed by atoms with van der Waals surface area (Å²) in [5.74, 6) is -0.585. The van der Waals surface area contributed by atoms with Crippen LogP contribution < -0.4 is 0 Å². The van der Waals surface area contributed by atoms with Crippen molar-refractivity contribution in [2.24, 2.45) is 17.3 Å². The molecule has 0 aromatic heterocycles. The van der Waals surface area contributed by atoms with E-state index in [2.05, 4.69) is 13.8 Å². The third kappa shape index (κ3) is 2.24. The van der Waals surface area contributed by atoms with Crippen LogP contribution in [0.3, 0.4) is 0 Å². The van der Waals surface area contributed by atoms with Crippen LogP contribution in [0, 0.1) is 17.3 Å². The summed E-state index contributed by atoms with van der Waals surface area (Å²) in [6.07, 6.45) is 3.75. The smallest absolute Gasteiger partial charge is 0.333 e. The van der Waals surface area contributed by atoms with Gasteiger partial charge in [0, 0.05) is 16.6 Å². The van der Waals surface area contributed by atoms with Gasteiger partial charge in [-0.2, -0.15) is 0 Å². The number of hydrogen-bond donors (Lipinski definition) is 0. The molecule has 2 aliphatic carbocycles. The van der Waals surface area contributed by atoms with Gasteiger partial charge in [0.1, 0.15) is 18.1 Å². The lowest BCUT2D eigenvalue weighted by atomic mass is 9.53. The zero-order valence-corrected chi connectivity index (χ0v) is 15.3. The molecule has 2 saturated carbocycles. The molecule has 25 heavy (non-hydrogen) atoms. The van der Waals surface area contributed by atoms with Crippen LogP contribution in [0.2, 0.25) is 0 Å². The van der Waals surface area contributed by atoms with E-state index < -0.39 is 6.10 Å². The maximum Gasteiger partial charge on any atom is 0.333 e. The predicted octanol–water partition coefficient (Wildman–Crippen LogP) is 2.94. The maximum atomic E-state index is 12.8. The van der Waals surface area contributed by atoms with E-state index in [1.165, 1.54) is 5.57 Å². The van der Waals surface area contributed by atoms with Crippen LogP contribution >= 0.6 is 0 Å². The first kappa shape index (κ1) is 16.8. The number of fused-ring (bicyclic) bond motifs is 2. The Hall–Kier alpha value is -1.62. The second-order valence-corrected chi connectivity index (χ2v) is 8.12. The molecule has 2 aliphatic heterocycles. The van der Waals surface area contributed by atoms with E-state index in [1.54, 1.807) is 13.0 Å². The zero-order chi connectivity index (χ0) is 17.9. The summed E-state index contributed by atoms with van der Waals surface area (Å²) in [5.41, 5.74) is 2.60. The monoisotopic (exact) mass is 346 g/mol. The Morgan fingerprint density at radius 1 is 1.36 bits per heavy atom. The first-order valence-electron chi connectivity index (χ1n) is 9.23. The lowest BCUT2D eigenvalue weighted by Gasteiger charge is -2.51. The van der Waals surface area contributed by atoms with Gasteiger partial charge in [-0.05, 0) is 51.5 Å². The van der Waals surface area contributed by atoms with Crippen molar-refractivity contribution in [3.8, 4) is 0 Å². The molecule has 0 bridgehead atoms. The number of ether oxygens (including phenoxy) is 3. The maximum absolute atomic E-state index is 12.8. The molecule has 0 spiro atoms. The quantitative estimate of drug-likeness (QED) is 0.437. The van der Waals surface area contributed by atoms with Gasteiger partial charge in [0.2, 0.25) is 0 Å². The molecule has 3 fully saturated rings. The minimum absolute atomic E-state index is 0.0824. The molecule has 0 radical (unpaired) electrons. The van der Waals surface area contributed by atoms with Crippen molar-refractivity contribution in [1.82, 2.24) is 0 Å². The summed E-state index contributed by atoms with van der Waals surface area (Å²) in [6.45, 7) is 8.39. The molecule has 1 saturated heterocycles. The van der Waals surface area contributed by atoms with E-state index in [-0.39, 0.29) is 35.5 Å². The summed E-state index contributed by atoms with van der Waals surface area (Å²) in [5, 5.41) is 0. The van der Waals surface area contributed by atoms with Crippen molar-refractivity contribution in [3.05, 3.63) is 22.8 Å². The Morgan fingerprint density at radius 2 is 2.12 bits per heavy atom. The standard InChI is InChI=1S/C20H26O5/c1-5-10(2)18(21)24-13-7-6-12-8-14-15(11(3)9-23-14)17-20(12,4)16(13)19(22)25-17/h5,12-14,16-17H,6-9H2,1-4H3/b10-5-/t12-,13+,14?,16-,17+,20+/m1/s1. The number of esters is 2. The second-order valence-electron chi connectivity index (χ2n) is 8.12. The van der Waals surface area contributed by atoms with Crippen LogP contribution in [0.15, 0.2) is 22.8 Å². The minimum atomic E-state index is -0.402. The fourth-order valence-electron chi connectivity index (χ4n) is 5.36. The molecule has 5 nitrogen and oxygen atoms in total. The molecular formula is C20H26O5. The molecule has 6 atom stereocenters. The van der Waals surface area contributed by atoms with E-state index in [9.17, 15) is 9.59 Å². The van der Waals surface area contributed by atoms with Gasteiger partial charge in [-0.25, -0.2) is 4.79 Å². The van der Waals surface area contributed by atoms with Crippen LogP contribution in [0.4, 0.5) is 0 Å². The highest BCUT2D eigenvalue weighted by Gasteiger charge is 2.67. The zero-order valence-electron chi connectivity index (χ0n) is 15.3. The first-order chi connectivity index (χ1) is 11.9. The van der Waals surface area contributed by atoms with Gasteiger partial charge in [0.15, 0.2) is 0 Å². The SMILES string of the molecule is C/C=C(/C)C(=O)O[C@H]1CC[C@@H]2CC3OCC(C)=C3[C@@H]3OC(=O)[C@@H]1[C@]23C. The van der Waals surface area contributed by atoms with Crippen molar-refractivity contribution >= 4 is 11.9 Å². The van der Waals surface area contributed by atoms with Gasteiger partial charge in [0.25, 0.3) is 0 Å². The van der Waals surface area contributed by atoms with Crippen LogP contribution in [0.5, 0.6) is 0 Å². The summed E-state index contributed by atoms with van der Waals surface area (Å²) in [6, 6.07) is 0. The highest BCUT2D eigenvalue weighted by atomic mass is 16.6. The molecule has 0 aromatic carbocycles. The number of carbonyl (C=O) groups is 2. The number of rotatable bonds is 2. The number of hydrogen-bond acceptors (Lipinski definition) is 5. The molecule has 1 unspecified atom stereocenters. The normalized spacial score (nSPS) is 42.8. The Balaban J connectivity index is 1.68. The lowest BCUT2D eigenvalue weighted by Crippen LogP contribution is -2.55. The molecule has 4 aliphatic rings. The van der Waals surface area contributed by atoms with Crippen molar-refractivity contribution < 1.29 is 23.8 Å². The van der Waals surface area contributed by atoms with Crippen molar-refractivity contribution in [3.63, 3.8) is 0 Å². The summed E-state index contributed by atoms with van der Waals surface area (Å²) in [7, 11) is 0. The third-order valence-electron chi connectivity index (χ3n) is 6.91. The average molecular weight is 346 g/mol. The fourth-order valence-corrected chi connectivity index (χ4v) is 5.36. The van der Waals surface area contributed by atoms with Crippen molar-refractivity contribution in [2.45, 2.75) is 65.3 Å². The number of allylic oxidation sites excluding steroid dienone is 1. The fraction of sp³-hybridized carbons (Fsp3) is 0.700. The predicted molar refractivity (Wildman–Crippen MR) is 90.6 cm³/mol. The van der Waals surface area contributed by atoms with Gasteiger partial charge < -0.3 is 14.2 Å². The van der Waals surface area contributed by atoms with E-state index in [0.29, 0.717) is 24.5 Å². The van der Waals surface area contributed by atoms with E-state index >= 15 is 0 Å². The van der Waals surface area contributed by atoms with Crippen LogP contribution in [-0.2, 0) is 23.8 Å². The highest BCUT2D eigenvalue weighted by molar-refractivity contribution is 5.88. The molecule has 0 aromatic rings. The van der Waals surface area contributed by atoms with Gasteiger partial charge in [-0.3, -0.25) is 4.79 Å². The second kappa shape index (κ2) is 5.70. The molecular weight excluding hydrogens is 320 g/mol. The van der Waals surface area contributed by atoms with Crippen molar-refractivity contribution in [2.75, 3.05) is 6.61 Å². The Labute approximate surface area is 148 Å². The summed E-state index contributed by atoms with van der Waals surface area (Å²) < 4.78 is 17.6. The van der Waals surface area contributed by atoms with E-state index in [4.69, 9.17) is 14.2 Å². The van der Waals surface area contributed by atoms with Gasteiger partial charge in [0.05, 0.1) is 12.7 Å². The van der Waals surface area contributed by atoms with Crippen molar-refractivity contribution in [1.29, 1.82) is 0 Å². The van der Waals surface area contributed by atoms with Gasteiger partial charge in [-0.15, -0.1) is 0 Å². The van der Waals surface area contributed by atoms with E-state index in [0.717, 1.165) is 18.4 Å². The highest BCUT2D eigenvalue weighted by Crippen LogP contribution is 2.61. The van der Waals surface area contributed by atoms with Crippen LogP contribution in [0.25, 0.3) is 0 Å².